The maximum atomic E-state index is 12.0. The van der Waals surface area contributed by atoms with Crippen LogP contribution in [-0.2, 0) is 9.59 Å². The first-order valence-corrected chi connectivity index (χ1v) is 8.05. The van der Waals surface area contributed by atoms with Crippen molar-refractivity contribution in [2.24, 2.45) is 0 Å². The molecule has 0 aromatic heterocycles. The molecular formula is C17H24ClN3O3. The fourth-order valence-electron chi connectivity index (χ4n) is 1.94. The average Bonchev–Trinajstić information content (AvgIpc) is 2.45. The van der Waals surface area contributed by atoms with Gasteiger partial charge >= 0.3 is 0 Å². The summed E-state index contributed by atoms with van der Waals surface area (Å²) in [5.74, 6) is -0.702. The van der Waals surface area contributed by atoms with E-state index in [4.69, 9.17) is 11.6 Å². The molecule has 3 amide bonds. The van der Waals surface area contributed by atoms with Gasteiger partial charge in [0, 0.05) is 36.1 Å². The van der Waals surface area contributed by atoms with Crippen molar-refractivity contribution >= 4 is 29.3 Å². The highest BCUT2D eigenvalue weighted by atomic mass is 35.5. The number of hydrogen-bond donors (Lipinski definition) is 2. The molecule has 2 N–H and O–H groups in total. The lowest BCUT2D eigenvalue weighted by molar-refractivity contribution is -0.135. The second-order valence-electron chi connectivity index (χ2n) is 6.56. The van der Waals surface area contributed by atoms with Crippen molar-refractivity contribution in [1.29, 1.82) is 0 Å². The maximum absolute atomic E-state index is 12.0. The average molecular weight is 354 g/mol. The van der Waals surface area contributed by atoms with Crippen LogP contribution in [0.1, 0.15) is 37.6 Å². The van der Waals surface area contributed by atoms with Crippen LogP contribution < -0.4 is 10.6 Å². The van der Waals surface area contributed by atoms with Crippen LogP contribution in [0, 0.1) is 0 Å². The Morgan fingerprint density at radius 1 is 1.12 bits per heavy atom. The van der Waals surface area contributed by atoms with Gasteiger partial charge in [-0.3, -0.25) is 14.4 Å². The monoisotopic (exact) mass is 353 g/mol. The Kier molecular flexibility index (Phi) is 7.22. The molecule has 0 saturated heterocycles. The third kappa shape index (κ3) is 7.46. The van der Waals surface area contributed by atoms with Gasteiger partial charge < -0.3 is 15.5 Å². The zero-order valence-corrected chi connectivity index (χ0v) is 15.2. The molecule has 1 rings (SSSR count). The SMILES string of the molecule is CN(CC(=O)NC(C)(C)C)C(=O)CCNC(=O)c1ccc(Cl)cc1. The van der Waals surface area contributed by atoms with Crippen molar-refractivity contribution in [2.45, 2.75) is 32.7 Å². The van der Waals surface area contributed by atoms with Crippen LogP contribution >= 0.6 is 11.6 Å². The van der Waals surface area contributed by atoms with Gasteiger partial charge in [0.25, 0.3) is 5.91 Å². The third-order valence-electron chi connectivity index (χ3n) is 3.05. The molecular weight excluding hydrogens is 330 g/mol. The van der Waals surface area contributed by atoms with E-state index >= 15 is 0 Å². The lowest BCUT2D eigenvalue weighted by atomic mass is 10.1. The first kappa shape index (κ1) is 20.0. The highest BCUT2D eigenvalue weighted by molar-refractivity contribution is 6.30. The van der Waals surface area contributed by atoms with Crippen molar-refractivity contribution in [3.63, 3.8) is 0 Å². The highest BCUT2D eigenvalue weighted by Crippen LogP contribution is 2.09. The van der Waals surface area contributed by atoms with Gasteiger partial charge in [0.15, 0.2) is 0 Å². The van der Waals surface area contributed by atoms with Gasteiger partial charge in [0.1, 0.15) is 0 Å². The van der Waals surface area contributed by atoms with Gasteiger partial charge in [0.2, 0.25) is 11.8 Å². The molecule has 7 heteroatoms. The molecule has 1 aromatic carbocycles. The quantitative estimate of drug-likeness (QED) is 0.819. The topological polar surface area (TPSA) is 78.5 Å². The van der Waals surface area contributed by atoms with Crippen LogP contribution in [0.3, 0.4) is 0 Å². The minimum Gasteiger partial charge on any atom is -0.352 e. The Balaban J connectivity index is 2.36. The molecule has 0 unspecified atom stereocenters. The Morgan fingerprint density at radius 2 is 1.71 bits per heavy atom. The summed E-state index contributed by atoms with van der Waals surface area (Å²) >= 11 is 5.76. The Labute approximate surface area is 147 Å². The number of halogens is 1. The molecule has 0 saturated carbocycles. The molecule has 0 aliphatic rings. The van der Waals surface area contributed by atoms with Gasteiger partial charge in [-0.05, 0) is 45.0 Å². The molecule has 0 atom stereocenters. The van der Waals surface area contributed by atoms with E-state index in [0.717, 1.165) is 0 Å². The van der Waals surface area contributed by atoms with Crippen LogP contribution in [-0.4, -0.2) is 48.3 Å². The zero-order chi connectivity index (χ0) is 18.3. The van der Waals surface area contributed by atoms with Crippen LogP contribution in [0.15, 0.2) is 24.3 Å². The summed E-state index contributed by atoms with van der Waals surface area (Å²) in [6.07, 6.45) is 0.124. The highest BCUT2D eigenvalue weighted by Gasteiger charge is 2.17. The standard InChI is InChI=1S/C17H24ClN3O3/c1-17(2,3)20-14(22)11-21(4)15(23)9-10-19-16(24)12-5-7-13(18)8-6-12/h5-8H,9-11H2,1-4H3,(H,19,24)(H,20,22). The van der Waals surface area contributed by atoms with Gasteiger partial charge in [-0.15, -0.1) is 0 Å². The van der Waals surface area contributed by atoms with Gasteiger partial charge in [-0.1, -0.05) is 11.6 Å². The summed E-state index contributed by atoms with van der Waals surface area (Å²) in [7, 11) is 1.56. The van der Waals surface area contributed by atoms with Crippen molar-refractivity contribution in [1.82, 2.24) is 15.5 Å². The summed E-state index contributed by atoms with van der Waals surface area (Å²) in [5.41, 5.74) is 0.137. The van der Waals surface area contributed by atoms with E-state index in [1.54, 1.807) is 31.3 Å². The molecule has 0 heterocycles. The number of rotatable bonds is 6. The predicted molar refractivity (Wildman–Crippen MR) is 93.9 cm³/mol. The lowest BCUT2D eigenvalue weighted by Crippen LogP contribution is -2.46. The van der Waals surface area contributed by atoms with Crippen LogP contribution in [0.25, 0.3) is 0 Å². The second-order valence-corrected chi connectivity index (χ2v) is 7.00. The predicted octanol–water partition coefficient (Wildman–Crippen LogP) is 1.83. The first-order valence-electron chi connectivity index (χ1n) is 7.67. The number of likely N-dealkylation sites (N-methyl/N-ethyl adjacent to an activating group) is 1. The Bertz CT molecular complexity index is 594. The van der Waals surface area contributed by atoms with E-state index in [1.807, 2.05) is 20.8 Å². The minimum absolute atomic E-state index is 0.0127. The molecule has 0 aliphatic heterocycles. The second kappa shape index (κ2) is 8.68. The number of carbonyl (C=O) groups is 3. The van der Waals surface area contributed by atoms with E-state index in [1.165, 1.54) is 4.90 Å². The molecule has 0 fully saturated rings. The molecule has 6 nitrogen and oxygen atoms in total. The molecule has 0 spiro atoms. The van der Waals surface area contributed by atoms with Gasteiger partial charge in [-0.2, -0.15) is 0 Å². The molecule has 0 aliphatic carbocycles. The molecule has 1 aromatic rings. The van der Waals surface area contributed by atoms with Gasteiger partial charge in [0.05, 0.1) is 6.54 Å². The smallest absolute Gasteiger partial charge is 0.251 e. The van der Waals surface area contributed by atoms with E-state index in [-0.39, 0.29) is 42.8 Å². The number of amides is 3. The van der Waals surface area contributed by atoms with Crippen molar-refractivity contribution in [3.8, 4) is 0 Å². The number of hydrogen-bond acceptors (Lipinski definition) is 3. The fourth-order valence-corrected chi connectivity index (χ4v) is 2.06. The lowest BCUT2D eigenvalue weighted by Gasteiger charge is -2.23. The van der Waals surface area contributed by atoms with E-state index in [2.05, 4.69) is 10.6 Å². The number of carbonyl (C=O) groups excluding carboxylic acids is 3. The van der Waals surface area contributed by atoms with Crippen LogP contribution in [0.5, 0.6) is 0 Å². The van der Waals surface area contributed by atoms with Crippen LogP contribution in [0.2, 0.25) is 5.02 Å². The van der Waals surface area contributed by atoms with E-state index < -0.39 is 0 Å². The van der Waals surface area contributed by atoms with E-state index in [9.17, 15) is 14.4 Å². The Morgan fingerprint density at radius 3 is 2.25 bits per heavy atom. The molecule has 24 heavy (non-hydrogen) atoms. The minimum atomic E-state index is -0.340. The summed E-state index contributed by atoms with van der Waals surface area (Å²) in [6.45, 7) is 5.81. The van der Waals surface area contributed by atoms with Crippen molar-refractivity contribution in [3.05, 3.63) is 34.9 Å². The summed E-state index contributed by atoms with van der Waals surface area (Å²) in [6, 6.07) is 6.48. The molecule has 0 bridgehead atoms. The number of nitrogens with zero attached hydrogens (tertiary/aromatic N) is 1. The first-order chi connectivity index (χ1) is 11.1. The van der Waals surface area contributed by atoms with Gasteiger partial charge in [-0.25, -0.2) is 0 Å². The van der Waals surface area contributed by atoms with Crippen molar-refractivity contribution < 1.29 is 14.4 Å². The zero-order valence-electron chi connectivity index (χ0n) is 14.5. The van der Waals surface area contributed by atoms with E-state index in [0.29, 0.717) is 10.6 Å². The van der Waals surface area contributed by atoms with Crippen molar-refractivity contribution in [2.75, 3.05) is 20.1 Å². The molecule has 132 valence electrons. The normalized spacial score (nSPS) is 10.9. The largest absolute Gasteiger partial charge is 0.352 e. The Hall–Kier alpha value is -2.08. The fraction of sp³-hybridized carbons (Fsp3) is 0.471. The summed E-state index contributed by atoms with van der Waals surface area (Å²) in [5, 5.41) is 6.01. The number of benzene rings is 1. The third-order valence-corrected chi connectivity index (χ3v) is 3.30. The number of nitrogens with one attached hydrogen (secondary N) is 2. The summed E-state index contributed by atoms with van der Waals surface area (Å²) in [4.78, 5) is 37.0. The summed E-state index contributed by atoms with van der Waals surface area (Å²) < 4.78 is 0. The van der Waals surface area contributed by atoms with Crippen LogP contribution in [0.4, 0.5) is 0 Å². The molecule has 0 radical (unpaired) electrons. The maximum Gasteiger partial charge on any atom is 0.251 e.